The zero-order chi connectivity index (χ0) is 16.5. The molecule has 1 N–H and O–H groups in total. The van der Waals surface area contributed by atoms with Crippen molar-refractivity contribution in [3.63, 3.8) is 0 Å². The van der Waals surface area contributed by atoms with Crippen LogP contribution in [-0.2, 0) is 20.7 Å². The summed E-state index contributed by atoms with van der Waals surface area (Å²) in [6, 6.07) is 7.51. The smallest absolute Gasteiger partial charge is 0.306 e. The summed E-state index contributed by atoms with van der Waals surface area (Å²) in [5, 5.41) is 2.74. The monoisotopic (exact) mass is 307 g/mol. The van der Waals surface area contributed by atoms with Crippen LogP contribution in [0.5, 0.6) is 5.75 Å². The lowest BCUT2D eigenvalue weighted by molar-refractivity contribution is -0.154. The number of rotatable bonds is 8. The number of hydrogen-bond acceptors (Lipinski definition) is 4. The first kappa shape index (κ1) is 18.0. The predicted molar refractivity (Wildman–Crippen MR) is 84.7 cm³/mol. The van der Waals surface area contributed by atoms with Crippen molar-refractivity contribution >= 4 is 11.9 Å². The molecular weight excluding hydrogens is 282 g/mol. The van der Waals surface area contributed by atoms with Gasteiger partial charge in [0.05, 0.1) is 7.11 Å². The lowest BCUT2D eigenvalue weighted by Crippen LogP contribution is -2.37. The maximum Gasteiger partial charge on any atom is 0.306 e. The quantitative estimate of drug-likeness (QED) is 0.749. The van der Waals surface area contributed by atoms with Gasteiger partial charge in [-0.25, -0.2) is 0 Å². The molecule has 0 aromatic heterocycles. The van der Waals surface area contributed by atoms with E-state index in [1.807, 2.05) is 38.1 Å². The van der Waals surface area contributed by atoms with E-state index >= 15 is 0 Å². The van der Waals surface area contributed by atoms with Crippen molar-refractivity contribution < 1.29 is 19.1 Å². The van der Waals surface area contributed by atoms with Crippen molar-refractivity contribution in [2.45, 2.75) is 39.7 Å². The van der Waals surface area contributed by atoms with E-state index in [4.69, 9.17) is 9.47 Å². The zero-order valence-electron chi connectivity index (χ0n) is 13.7. The number of esters is 1. The van der Waals surface area contributed by atoms with Gasteiger partial charge in [-0.15, -0.1) is 0 Å². The number of methoxy groups -OCH3 is 1. The molecule has 5 heteroatoms. The van der Waals surface area contributed by atoms with E-state index in [-0.39, 0.29) is 18.3 Å². The molecule has 0 aliphatic heterocycles. The molecule has 0 radical (unpaired) electrons. The first-order valence-electron chi connectivity index (χ1n) is 7.52. The lowest BCUT2D eigenvalue weighted by atomic mass is 10.1. The largest absolute Gasteiger partial charge is 0.497 e. The first-order valence-corrected chi connectivity index (χ1v) is 7.52. The summed E-state index contributed by atoms with van der Waals surface area (Å²) in [7, 11) is 1.61. The standard InChI is InChI=1S/C17H25NO4/c1-12(2)11-18-17(20)13(3)22-16(19)10-7-14-5-8-15(21-4)9-6-14/h5-6,8-9,12-13H,7,10-11H2,1-4H3,(H,18,20)/t13-/m1/s1. The molecule has 22 heavy (non-hydrogen) atoms. The molecule has 1 amide bonds. The Hall–Kier alpha value is -2.04. The van der Waals surface area contributed by atoms with Gasteiger partial charge in [-0.05, 0) is 37.0 Å². The van der Waals surface area contributed by atoms with Gasteiger partial charge in [-0.2, -0.15) is 0 Å². The number of benzene rings is 1. The number of amides is 1. The van der Waals surface area contributed by atoms with Gasteiger partial charge in [-0.1, -0.05) is 26.0 Å². The fourth-order valence-electron chi connectivity index (χ4n) is 1.80. The number of ether oxygens (including phenoxy) is 2. The Balaban J connectivity index is 2.34. The van der Waals surface area contributed by atoms with Gasteiger partial charge < -0.3 is 14.8 Å². The van der Waals surface area contributed by atoms with Gasteiger partial charge >= 0.3 is 5.97 Å². The number of hydrogen-bond donors (Lipinski definition) is 1. The minimum atomic E-state index is -0.762. The fourth-order valence-corrected chi connectivity index (χ4v) is 1.80. The van der Waals surface area contributed by atoms with Gasteiger partial charge in [-0.3, -0.25) is 9.59 Å². The third-order valence-corrected chi connectivity index (χ3v) is 3.14. The molecule has 0 saturated heterocycles. The molecule has 0 saturated carbocycles. The number of carbonyl (C=O) groups is 2. The van der Waals surface area contributed by atoms with Crippen LogP contribution in [0.1, 0.15) is 32.8 Å². The van der Waals surface area contributed by atoms with Gasteiger partial charge in [0.1, 0.15) is 5.75 Å². The highest BCUT2D eigenvalue weighted by atomic mass is 16.5. The molecule has 0 spiro atoms. The highest BCUT2D eigenvalue weighted by molar-refractivity contribution is 5.83. The van der Waals surface area contributed by atoms with Crippen LogP contribution in [0.25, 0.3) is 0 Å². The Labute approximate surface area is 132 Å². The van der Waals surface area contributed by atoms with Crippen LogP contribution in [0.2, 0.25) is 0 Å². The van der Waals surface area contributed by atoms with E-state index in [1.165, 1.54) is 0 Å². The summed E-state index contributed by atoms with van der Waals surface area (Å²) in [5.41, 5.74) is 1.02. The fraction of sp³-hybridized carbons (Fsp3) is 0.529. The zero-order valence-corrected chi connectivity index (χ0v) is 13.7. The average molecular weight is 307 g/mol. The SMILES string of the molecule is COc1ccc(CCC(=O)O[C@H](C)C(=O)NCC(C)C)cc1. The Kier molecular flexibility index (Phi) is 7.43. The van der Waals surface area contributed by atoms with E-state index in [1.54, 1.807) is 14.0 Å². The number of nitrogens with one attached hydrogen (secondary N) is 1. The van der Waals surface area contributed by atoms with Gasteiger partial charge in [0.2, 0.25) is 0 Å². The average Bonchev–Trinajstić information content (AvgIpc) is 2.50. The van der Waals surface area contributed by atoms with Crippen molar-refractivity contribution in [1.82, 2.24) is 5.32 Å². The van der Waals surface area contributed by atoms with Crippen LogP contribution in [0.15, 0.2) is 24.3 Å². The summed E-state index contributed by atoms with van der Waals surface area (Å²) < 4.78 is 10.2. The summed E-state index contributed by atoms with van der Waals surface area (Å²) in [6.45, 7) is 6.17. The molecule has 1 atom stereocenters. The molecular formula is C17H25NO4. The third-order valence-electron chi connectivity index (χ3n) is 3.14. The normalized spacial score (nSPS) is 11.9. The van der Waals surface area contributed by atoms with Crippen molar-refractivity contribution in [3.8, 4) is 5.75 Å². The van der Waals surface area contributed by atoms with Gasteiger partial charge in [0.25, 0.3) is 5.91 Å². The van der Waals surface area contributed by atoms with Crippen molar-refractivity contribution in [3.05, 3.63) is 29.8 Å². The Bertz CT molecular complexity index is 482. The van der Waals surface area contributed by atoms with Crippen LogP contribution in [0.4, 0.5) is 0 Å². The van der Waals surface area contributed by atoms with E-state index < -0.39 is 6.10 Å². The molecule has 0 aliphatic carbocycles. The summed E-state index contributed by atoms with van der Waals surface area (Å²) >= 11 is 0. The molecule has 5 nitrogen and oxygen atoms in total. The summed E-state index contributed by atoms with van der Waals surface area (Å²) in [4.78, 5) is 23.5. The number of aryl methyl sites for hydroxylation is 1. The Morgan fingerprint density at radius 2 is 1.77 bits per heavy atom. The molecule has 0 bridgehead atoms. The van der Waals surface area contributed by atoms with Crippen LogP contribution < -0.4 is 10.1 Å². The maximum absolute atomic E-state index is 11.8. The molecule has 0 fully saturated rings. The Morgan fingerprint density at radius 1 is 1.14 bits per heavy atom. The number of carbonyl (C=O) groups excluding carboxylic acids is 2. The van der Waals surface area contributed by atoms with Crippen LogP contribution >= 0.6 is 0 Å². The molecule has 0 aliphatic rings. The van der Waals surface area contributed by atoms with Gasteiger partial charge in [0.15, 0.2) is 6.10 Å². The van der Waals surface area contributed by atoms with E-state index in [0.717, 1.165) is 11.3 Å². The second-order valence-corrected chi connectivity index (χ2v) is 5.62. The highest BCUT2D eigenvalue weighted by Crippen LogP contribution is 2.13. The van der Waals surface area contributed by atoms with Crippen molar-refractivity contribution in [1.29, 1.82) is 0 Å². The minimum Gasteiger partial charge on any atom is -0.497 e. The highest BCUT2D eigenvalue weighted by Gasteiger charge is 2.17. The lowest BCUT2D eigenvalue weighted by Gasteiger charge is -2.14. The molecule has 1 aromatic carbocycles. The maximum atomic E-state index is 11.8. The molecule has 122 valence electrons. The second kappa shape index (κ2) is 9.07. The second-order valence-electron chi connectivity index (χ2n) is 5.62. The minimum absolute atomic E-state index is 0.244. The van der Waals surface area contributed by atoms with E-state index in [9.17, 15) is 9.59 Å². The molecule has 1 aromatic rings. The predicted octanol–water partition coefficient (Wildman–Crippen LogP) is 2.33. The van der Waals surface area contributed by atoms with Crippen molar-refractivity contribution in [2.75, 3.05) is 13.7 Å². The van der Waals surface area contributed by atoms with Crippen LogP contribution in [0, 0.1) is 5.92 Å². The molecule has 0 unspecified atom stereocenters. The van der Waals surface area contributed by atoms with Crippen molar-refractivity contribution in [2.24, 2.45) is 5.92 Å². The van der Waals surface area contributed by atoms with Crippen LogP contribution in [0.3, 0.4) is 0 Å². The van der Waals surface area contributed by atoms with Crippen LogP contribution in [-0.4, -0.2) is 31.6 Å². The van der Waals surface area contributed by atoms with Gasteiger partial charge in [0, 0.05) is 13.0 Å². The molecule has 0 heterocycles. The third kappa shape index (κ3) is 6.61. The van der Waals surface area contributed by atoms with E-state index in [0.29, 0.717) is 18.9 Å². The Morgan fingerprint density at radius 3 is 2.32 bits per heavy atom. The topological polar surface area (TPSA) is 64.6 Å². The summed E-state index contributed by atoms with van der Waals surface area (Å²) in [6.07, 6.45) is 0.0548. The first-order chi connectivity index (χ1) is 10.4. The summed E-state index contributed by atoms with van der Waals surface area (Å²) in [5.74, 6) is 0.512. The molecule has 1 rings (SSSR count). The van der Waals surface area contributed by atoms with E-state index in [2.05, 4.69) is 5.32 Å².